The third-order valence-electron chi connectivity index (χ3n) is 4.49. The van der Waals surface area contributed by atoms with E-state index in [1.807, 2.05) is 32.0 Å². The molecule has 0 aliphatic heterocycles. The van der Waals surface area contributed by atoms with Crippen molar-refractivity contribution in [3.8, 4) is 5.75 Å². The van der Waals surface area contributed by atoms with Crippen molar-refractivity contribution in [2.45, 2.75) is 39.7 Å². The maximum atomic E-state index is 6.00. The fourth-order valence-corrected chi connectivity index (χ4v) is 3.18. The Hall–Kier alpha value is -2.27. The predicted octanol–water partition coefficient (Wildman–Crippen LogP) is 4.50. The lowest BCUT2D eigenvalue weighted by Crippen LogP contribution is -2.23. The van der Waals surface area contributed by atoms with Gasteiger partial charge in [0, 0.05) is 17.5 Å². The van der Waals surface area contributed by atoms with Gasteiger partial charge in [0.2, 0.25) is 0 Å². The van der Waals surface area contributed by atoms with Gasteiger partial charge in [-0.2, -0.15) is 0 Å². The average molecular weight is 328 g/mol. The molecule has 0 fully saturated rings. The molecule has 0 unspecified atom stereocenters. The fraction of sp³-hybridized carbons (Fsp3) is 0.421. The minimum Gasteiger partial charge on any atom is -0.493 e. The second-order valence-corrected chi connectivity index (χ2v) is 6.30. The van der Waals surface area contributed by atoms with E-state index in [4.69, 9.17) is 13.7 Å². The molecule has 0 aliphatic rings. The normalized spacial score (nSPS) is 14.0. The third kappa shape index (κ3) is 3.04. The number of ether oxygens (including phenoxy) is 1. The quantitative estimate of drug-likeness (QED) is 0.722. The number of para-hydroxylation sites is 1. The highest BCUT2D eigenvalue weighted by Gasteiger charge is 2.19. The number of aryl methyl sites for hydroxylation is 2. The van der Waals surface area contributed by atoms with Gasteiger partial charge in [-0.25, -0.2) is 0 Å². The first-order chi connectivity index (χ1) is 11.5. The molecule has 0 aliphatic carbocycles. The molecule has 0 amide bonds. The first kappa shape index (κ1) is 16.6. The molecule has 1 N–H and O–H groups in total. The van der Waals surface area contributed by atoms with Crippen LogP contribution in [-0.4, -0.2) is 18.8 Å². The van der Waals surface area contributed by atoms with Gasteiger partial charge in [0.1, 0.15) is 11.5 Å². The van der Waals surface area contributed by atoms with Crippen LogP contribution in [0.25, 0.3) is 11.0 Å². The molecule has 0 bridgehead atoms. The van der Waals surface area contributed by atoms with Crippen molar-refractivity contribution in [3.05, 3.63) is 47.0 Å². The van der Waals surface area contributed by atoms with Gasteiger partial charge in [-0.3, -0.25) is 0 Å². The van der Waals surface area contributed by atoms with Crippen molar-refractivity contribution in [1.29, 1.82) is 0 Å². The van der Waals surface area contributed by atoms with E-state index in [1.54, 1.807) is 7.11 Å². The lowest BCUT2D eigenvalue weighted by atomic mass is 9.99. The molecular weight excluding hydrogens is 304 g/mol. The third-order valence-corrected chi connectivity index (χ3v) is 4.49. The number of nitrogens with zero attached hydrogens (tertiary/aromatic N) is 1. The SMILES string of the molecule is COc1cccc2cc([C@@H](C)NC[C@@H](C)c3c(C)noc3C)oc12. The van der Waals surface area contributed by atoms with E-state index in [-0.39, 0.29) is 6.04 Å². The highest BCUT2D eigenvalue weighted by molar-refractivity contribution is 5.83. The molecule has 3 rings (SSSR count). The van der Waals surface area contributed by atoms with E-state index in [0.29, 0.717) is 5.92 Å². The Morgan fingerprint density at radius 2 is 2.04 bits per heavy atom. The summed E-state index contributed by atoms with van der Waals surface area (Å²) in [6, 6.07) is 8.08. The van der Waals surface area contributed by atoms with Crippen LogP contribution in [0.3, 0.4) is 0 Å². The van der Waals surface area contributed by atoms with Crippen LogP contribution in [0, 0.1) is 13.8 Å². The Kier molecular flexibility index (Phi) is 4.62. The minimum atomic E-state index is 0.102. The van der Waals surface area contributed by atoms with Crippen LogP contribution in [0.4, 0.5) is 0 Å². The second-order valence-electron chi connectivity index (χ2n) is 6.30. The zero-order chi connectivity index (χ0) is 17.3. The van der Waals surface area contributed by atoms with E-state index in [9.17, 15) is 0 Å². The molecule has 0 spiro atoms. The van der Waals surface area contributed by atoms with Crippen molar-refractivity contribution in [1.82, 2.24) is 10.5 Å². The Labute approximate surface area is 142 Å². The van der Waals surface area contributed by atoms with E-state index in [1.165, 1.54) is 5.56 Å². The van der Waals surface area contributed by atoms with Gasteiger partial charge in [0.25, 0.3) is 0 Å². The fourth-order valence-electron chi connectivity index (χ4n) is 3.18. The van der Waals surface area contributed by atoms with E-state index in [0.717, 1.165) is 40.5 Å². The Bertz CT molecular complexity index is 815. The summed E-state index contributed by atoms with van der Waals surface area (Å²) in [6.45, 7) is 9.04. The number of aromatic nitrogens is 1. The van der Waals surface area contributed by atoms with Gasteiger partial charge in [0.15, 0.2) is 11.3 Å². The van der Waals surface area contributed by atoms with Crippen LogP contribution in [0.5, 0.6) is 5.75 Å². The maximum Gasteiger partial charge on any atom is 0.176 e. The molecule has 128 valence electrons. The second kappa shape index (κ2) is 6.69. The smallest absolute Gasteiger partial charge is 0.176 e. The first-order valence-corrected chi connectivity index (χ1v) is 8.23. The van der Waals surface area contributed by atoms with Gasteiger partial charge in [-0.1, -0.05) is 24.2 Å². The monoisotopic (exact) mass is 328 g/mol. The summed E-state index contributed by atoms with van der Waals surface area (Å²) < 4.78 is 16.6. The summed E-state index contributed by atoms with van der Waals surface area (Å²) >= 11 is 0. The number of hydrogen-bond donors (Lipinski definition) is 1. The highest BCUT2D eigenvalue weighted by Crippen LogP contribution is 2.31. The number of benzene rings is 1. The van der Waals surface area contributed by atoms with Crippen LogP contribution in [-0.2, 0) is 0 Å². The van der Waals surface area contributed by atoms with Crippen LogP contribution in [0.15, 0.2) is 33.2 Å². The zero-order valence-electron chi connectivity index (χ0n) is 14.8. The molecule has 24 heavy (non-hydrogen) atoms. The van der Waals surface area contributed by atoms with E-state index < -0.39 is 0 Å². The number of nitrogens with one attached hydrogen (secondary N) is 1. The molecule has 5 nitrogen and oxygen atoms in total. The molecule has 2 heterocycles. The molecular formula is C19H24N2O3. The number of furan rings is 1. The van der Waals surface area contributed by atoms with Gasteiger partial charge >= 0.3 is 0 Å². The minimum absolute atomic E-state index is 0.102. The highest BCUT2D eigenvalue weighted by atomic mass is 16.5. The predicted molar refractivity (Wildman–Crippen MR) is 93.6 cm³/mol. The van der Waals surface area contributed by atoms with Crippen LogP contribution in [0.2, 0.25) is 0 Å². The molecule has 2 atom stereocenters. The summed E-state index contributed by atoms with van der Waals surface area (Å²) in [6.07, 6.45) is 0. The number of methoxy groups -OCH3 is 1. The van der Waals surface area contributed by atoms with Crippen molar-refractivity contribution in [3.63, 3.8) is 0 Å². The summed E-state index contributed by atoms with van der Waals surface area (Å²) in [5.41, 5.74) is 2.94. The Balaban J connectivity index is 1.72. The molecule has 5 heteroatoms. The molecule has 0 saturated carbocycles. The standard InChI is InChI=1S/C19H24N2O3/c1-11(18-13(3)21-24-14(18)4)10-20-12(2)17-9-15-7-6-8-16(22-5)19(15)23-17/h6-9,11-12,20H,10H2,1-5H3/t11-,12-/m1/s1. The van der Waals surface area contributed by atoms with Crippen LogP contribution in [0.1, 0.15) is 48.6 Å². The summed E-state index contributed by atoms with van der Waals surface area (Å²) in [5.74, 6) is 2.87. The Morgan fingerprint density at radius 3 is 2.71 bits per heavy atom. The summed E-state index contributed by atoms with van der Waals surface area (Å²) in [4.78, 5) is 0. The van der Waals surface area contributed by atoms with E-state index in [2.05, 4.69) is 30.4 Å². The number of fused-ring (bicyclic) bond motifs is 1. The van der Waals surface area contributed by atoms with Crippen molar-refractivity contribution < 1.29 is 13.7 Å². The summed E-state index contributed by atoms with van der Waals surface area (Å²) in [7, 11) is 1.66. The summed E-state index contributed by atoms with van der Waals surface area (Å²) in [5, 5.41) is 8.62. The van der Waals surface area contributed by atoms with Gasteiger partial charge in [0.05, 0.1) is 18.8 Å². The number of hydrogen-bond acceptors (Lipinski definition) is 5. The Morgan fingerprint density at radius 1 is 1.25 bits per heavy atom. The van der Waals surface area contributed by atoms with Gasteiger partial charge in [-0.15, -0.1) is 0 Å². The lowest BCUT2D eigenvalue weighted by Gasteiger charge is -2.16. The van der Waals surface area contributed by atoms with Gasteiger partial charge < -0.3 is 19.0 Å². The van der Waals surface area contributed by atoms with Crippen molar-refractivity contribution in [2.75, 3.05) is 13.7 Å². The van der Waals surface area contributed by atoms with Gasteiger partial charge in [-0.05, 0) is 38.8 Å². The zero-order valence-corrected chi connectivity index (χ0v) is 14.8. The van der Waals surface area contributed by atoms with Crippen molar-refractivity contribution in [2.24, 2.45) is 0 Å². The van der Waals surface area contributed by atoms with Crippen LogP contribution >= 0.6 is 0 Å². The average Bonchev–Trinajstić information content (AvgIpc) is 3.15. The molecule has 3 aromatic rings. The molecule has 0 saturated heterocycles. The largest absolute Gasteiger partial charge is 0.493 e. The molecule has 2 aromatic heterocycles. The van der Waals surface area contributed by atoms with Crippen LogP contribution < -0.4 is 10.1 Å². The van der Waals surface area contributed by atoms with Crippen molar-refractivity contribution >= 4 is 11.0 Å². The van der Waals surface area contributed by atoms with E-state index >= 15 is 0 Å². The maximum absolute atomic E-state index is 6.00. The first-order valence-electron chi connectivity index (χ1n) is 8.23. The number of rotatable bonds is 6. The lowest BCUT2D eigenvalue weighted by molar-refractivity contribution is 0.389. The topological polar surface area (TPSA) is 60.4 Å². The molecule has 0 radical (unpaired) electrons. The molecule has 1 aromatic carbocycles.